The summed E-state index contributed by atoms with van der Waals surface area (Å²) in [7, 11) is -10.3. The molecule has 33 heavy (non-hydrogen) atoms. The Morgan fingerprint density at radius 1 is 0.848 bits per heavy atom. The molecule has 194 valence electrons. The first-order chi connectivity index (χ1) is 14.8. The minimum Gasteiger partial charge on any atom is -0.465 e. The quantitative estimate of drug-likeness (QED) is 0.183. The molecule has 1 unspecified atom stereocenters. The van der Waals surface area contributed by atoms with Gasteiger partial charge in [-0.3, -0.25) is 4.79 Å². The summed E-state index contributed by atoms with van der Waals surface area (Å²) < 4.78 is 30.0. The summed E-state index contributed by atoms with van der Waals surface area (Å²) in [6.07, 6.45) is -0.923. The van der Waals surface area contributed by atoms with E-state index in [-0.39, 0.29) is 18.6 Å². The number of aliphatic hydroxyl groups is 2. The minimum atomic E-state index is -3.59. The average Bonchev–Trinajstić information content (AvgIpc) is 2.58. The highest BCUT2D eigenvalue weighted by molar-refractivity contribution is 6.92. The first-order valence-corrected chi connectivity index (χ1v) is 23.3. The number of carbonyl (C=O) groups is 2. The van der Waals surface area contributed by atoms with Crippen LogP contribution < -0.4 is 0 Å². The maximum absolute atomic E-state index is 12.9. The summed E-state index contributed by atoms with van der Waals surface area (Å²) in [5, 5.41) is 18.6. The molecule has 0 aromatic heterocycles. The first kappa shape index (κ1) is 32.3. The van der Waals surface area contributed by atoms with Crippen LogP contribution in [0, 0.1) is 0 Å². The van der Waals surface area contributed by atoms with E-state index in [1.54, 1.807) is 0 Å². The Morgan fingerprint density at radius 2 is 1.30 bits per heavy atom. The first-order valence-electron chi connectivity index (χ1n) is 11.3. The highest BCUT2D eigenvalue weighted by Crippen LogP contribution is 2.28. The SMILES string of the molecule is CCCOC(=O)CC(=C[Si](O[Si](C)(C)C)(O[Si](C)(C)C)O[Si](C)(C)C)C(=O)OCC(O)CO. The van der Waals surface area contributed by atoms with Crippen molar-refractivity contribution in [3.8, 4) is 0 Å². The van der Waals surface area contributed by atoms with Gasteiger partial charge in [-0.1, -0.05) is 6.92 Å². The Hall–Kier alpha value is -0.652. The predicted molar refractivity (Wildman–Crippen MR) is 137 cm³/mol. The monoisotopic (exact) mass is 540 g/mol. The van der Waals surface area contributed by atoms with E-state index in [0.29, 0.717) is 6.42 Å². The van der Waals surface area contributed by atoms with Gasteiger partial charge in [0.1, 0.15) is 12.7 Å². The van der Waals surface area contributed by atoms with Crippen LogP contribution in [0.5, 0.6) is 0 Å². The topological polar surface area (TPSA) is 121 Å². The lowest BCUT2D eigenvalue weighted by Gasteiger charge is -2.41. The molecular weight excluding hydrogens is 497 g/mol. The van der Waals surface area contributed by atoms with Gasteiger partial charge in [0.2, 0.25) is 0 Å². The zero-order valence-electron chi connectivity index (χ0n) is 21.9. The molecule has 0 aliphatic carbocycles. The van der Waals surface area contributed by atoms with Gasteiger partial charge in [-0.15, -0.1) is 0 Å². The summed E-state index contributed by atoms with van der Waals surface area (Å²) in [5.41, 5.74) is 1.53. The fourth-order valence-corrected chi connectivity index (χ4v) is 15.8. The largest absolute Gasteiger partial charge is 0.498 e. The standard InChI is InChI=1S/C20H44O9Si4/c1-11-12-25-19(23)13-17(20(24)26-15-18(22)14-21)16-33(27-30(2,3)4,28-31(5,6)7)29-32(8,9)10/h16,18,21-22H,11-15H2,1-10H3. The van der Waals surface area contributed by atoms with Gasteiger partial charge in [-0.25, -0.2) is 4.79 Å². The van der Waals surface area contributed by atoms with Crippen LogP contribution in [0.15, 0.2) is 11.3 Å². The molecule has 0 saturated heterocycles. The molecule has 9 nitrogen and oxygen atoms in total. The smallest absolute Gasteiger partial charge is 0.465 e. The van der Waals surface area contributed by atoms with E-state index in [1.807, 2.05) is 65.8 Å². The molecule has 0 aromatic rings. The second kappa shape index (κ2) is 13.4. The lowest BCUT2D eigenvalue weighted by atomic mass is 10.2. The number of rotatable bonds is 15. The molecule has 0 aliphatic rings. The second-order valence-corrected chi connectivity index (χ2v) is 27.4. The summed E-state index contributed by atoms with van der Waals surface area (Å²) in [6.45, 7) is 19.2. The minimum absolute atomic E-state index is 0.00246. The van der Waals surface area contributed by atoms with Crippen LogP contribution in [0.1, 0.15) is 19.8 Å². The van der Waals surface area contributed by atoms with E-state index in [2.05, 4.69) is 0 Å². The summed E-state index contributed by atoms with van der Waals surface area (Å²) in [4.78, 5) is 25.4. The Bertz CT molecular complexity index is 623. The van der Waals surface area contributed by atoms with Crippen molar-refractivity contribution in [3.05, 3.63) is 11.3 Å². The van der Waals surface area contributed by atoms with Gasteiger partial charge in [-0.2, -0.15) is 0 Å². The van der Waals surface area contributed by atoms with Crippen LogP contribution in [0.2, 0.25) is 58.9 Å². The van der Waals surface area contributed by atoms with Crippen LogP contribution in [-0.4, -0.2) is 81.8 Å². The highest BCUT2D eigenvalue weighted by atomic mass is 28.5. The van der Waals surface area contributed by atoms with E-state index >= 15 is 0 Å². The Kier molecular flexibility index (Phi) is 13.2. The van der Waals surface area contributed by atoms with E-state index in [1.165, 1.54) is 5.70 Å². The van der Waals surface area contributed by atoms with Gasteiger partial charge in [0.05, 0.1) is 19.6 Å². The third-order valence-corrected chi connectivity index (χ3v) is 14.8. The van der Waals surface area contributed by atoms with Crippen molar-refractivity contribution in [3.63, 3.8) is 0 Å². The Morgan fingerprint density at radius 3 is 1.67 bits per heavy atom. The average molecular weight is 541 g/mol. The van der Waals surface area contributed by atoms with E-state index in [9.17, 15) is 14.7 Å². The maximum Gasteiger partial charge on any atom is 0.498 e. The Labute approximate surface area is 203 Å². The van der Waals surface area contributed by atoms with Crippen LogP contribution in [0.4, 0.5) is 0 Å². The fraction of sp³-hybridized carbons (Fsp3) is 0.800. The molecule has 13 heteroatoms. The Balaban J connectivity index is 6.53. The molecule has 0 radical (unpaired) electrons. The number of hydrogen-bond acceptors (Lipinski definition) is 9. The van der Waals surface area contributed by atoms with Crippen molar-refractivity contribution in [2.45, 2.75) is 84.8 Å². The molecule has 0 spiro atoms. The van der Waals surface area contributed by atoms with Crippen molar-refractivity contribution in [2.75, 3.05) is 19.8 Å². The molecule has 0 rings (SSSR count). The molecule has 0 amide bonds. The van der Waals surface area contributed by atoms with Crippen molar-refractivity contribution >= 4 is 45.7 Å². The maximum atomic E-state index is 12.9. The van der Waals surface area contributed by atoms with Crippen LogP contribution in [-0.2, 0) is 31.4 Å². The number of aliphatic hydroxyl groups excluding tert-OH is 2. The molecule has 2 N–H and O–H groups in total. The van der Waals surface area contributed by atoms with Gasteiger partial charge in [0.15, 0.2) is 25.0 Å². The van der Waals surface area contributed by atoms with E-state index in [4.69, 9.17) is 26.9 Å². The molecular formula is C20H44O9Si4. The molecule has 0 aliphatic heterocycles. The summed E-state index contributed by atoms with van der Waals surface area (Å²) in [6, 6.07) is 0. The predicted octanol–water partition coefficient (Wildman–Crippen LogP) is 3.19. The normalized spacial score (nSPS) is 14.7. The number of ether oxygens (including phenoxy) is 2. The van der Waals surface area contributed by atoms with Crippen LogP contribution in [0.25, 0.3) is 0 Å². The van der Waals surface area contributed by atoms with Gasteiger partial charge >= 0.3 is 20.7 Å². The molecule has 0 saturated carbocycles. The summed E-state index contributed by atoms with van der Waals surface area (Å²) >= 11 is 0. The third kappa shape index (κ3) is 15.8. The van der Waals surface area contributed by atoms with Gasteiger partial charge in [-0.05, 0) is 71.0 Å². The zero-order valence-corrected chi connectivity index (χ0v) is 25.9. The van der Waals surface area contributed by atoms with Crippen LogP contribution >= 0.6 is 0 Å². The van der Waals surface area contributed by atoms with Crippen LogP contribution in [0.3, 0.4) is 0 Å². The molecule has 0 fully saturated rings. The number of hydrogen-bond donors (Lipinski definition) is 2. The molecule has 1 atom stereocenters. The van der Waals surface area contributed by atoms with Crippen molar-refractivity contribution in [1.82, 2.24) is 0 Å². The summed E-state index contributed by atoms with van der Waals surface area (Å²) in [5.74, 6) is -1.40. The van der Waals surface area contributed by atoms with Crippen molar-refractivity contribution < 1.29 is 41.6 Å². The lowest BCUT2D eigenvalue weighted by molar-refractivity contribution is -0.147. The number of carbonyl (C=O) groups excluding carboxylic acids is 2. The molecule has 0 bridgehead atoms. The zero-order chi connectivity index (χ0) is 26.1. The highest BCUT2D eigenvalue weighted by Gasteiger charge is 2.49. The van der Waals surface area contributed by atoms with E-state index < -0.39 is 65.0 Å². The van der Waals surface area contributed by atoms with Gasteiger partial charge in [0.25, 0.3) is 0 Å². The van der Waals surface area contributed by atoms with Crippen molar-refractivity contribution in [2.24, 2.45) is 0 Å². The van der Waals surface area contributed by atoms with Gasteiger partial charge < -0.3 is 32.0 Å². The lowest BCUT2D eigenvalue weighted by Crippen LogP contribution is -2.60. The second-order valence-electron chi connectivity index (χ2n) is 10.7. The third-order valence-electron chi connectivity index (χ3n) is 3.38. The van der Waals surface area contributed by atoms with Crippen molar-refractivity contribution in [1.29, 1.82) is 0 Å². The van der Waals surface area contributed by atoms with Gasteiger partial charge in [0, 0.05) is 5.57 Å². The van der Waals surface area contributed by atoms with E-state index in [0.717, 1.165) is 0 Å². The molecule has 0 aromatic carbocycles. The fourth-order valence-electron chi connectivity index (χ4n) is 2.57. The molecule has 0 heterocycles. The number of esters is 2.